The number of nitrogens with zero attached hydrogens (tertiary/aromatic N) is 3. The van der Waals surface area contributed by atoms with Crippen molar-refractivity contribution in [1.82, 2.24) is 9.88 Å². The third-order valence-corrected chi connectivity index (χ3v) is 8.70. The summed E-state index contributed by atoms with van der Waals surface area (Å²) in [5.74, 6) is 0.188. The molecule has 3 aromatic carbocycles. The van der Waals surface area contributed by atoms with Crippen LogP contribution in [0.4, 0.5) is 19.0 Å². The number of hydrogen-bond donors (Lipinski definition) is 0. The number of piperidine rings is 1. The molecule has 2 aliphatic rings. The number of anilines is 1. The highest BCUT2D eigenvalue weighted by Crippen LogP contribution is 2.37. The fraction of sp³-hybridized carbons (Fsp3) is 0.378. The van der Waals surface area contributed by atoms with Gasteiger partial charge in [0.1, 0.15) is 11.9 Å². The van der Waals surface area contributed by atoms with Crippen LogP contribution in [0.2, 0.25) is 0 Å². The van der Waals surface area contributed by atoms with Crippen molar-refractivity contribution < 1.29 is 27.4 Å². The lowest BCUT2D eigenvalue weighted by atomic mass is 9.98. The van der Waals surface area contributed by atoms with Crippen LogP contribution in [-0.4, -0.2) is 60.9 Å². The van der Waals surface area contributed by atoms with E-state index < -0.39 is 11.7 Å². The van der Waals surface area contributed by atoms with Crippen LogP contribution >= 0.6 is 0 Å². The van der Waals surface area contributed by atoms with Crippen LogP contribution in [0.15, 0.2) is 109 Å². The summed E-state index contributed by atoms with van der Waals surface area (Å²) in [6, 6.07) is 32.7. The summed E-state index contributed by atoms with van der Waals surface area (Å²) < 4.78 is 61.0. The molecule has 0 aliphatic carbocycles. The fourth-order valence-corrected chi connectivity index (χ4v) is 6.42. The van der Waals surface area contributed by atoms with Gasteiger partial charge in [0.15, 0.2) is 0 Å². The van der Waals surface area contributed by atoms with E-state index >= 15 is 0 Å². The summed E-state index contributed by atoms with van der Waals surface area (Å²) >= 11 is 0. The van der Waals surface area contributed by atoms with Crippen LogP contribution in [0, 0.1) is 5.92 Å². The van der Waals surface area contributed by atoms with Crippen molar-refractivity contribution in [2.45, 2.75) is 50.7 Å². The molecular weight excluding hydrogens is 591 g/mol. The van der Waals surface area contributed by atoms with Crippen molar-refractivity contribution in [1.29, 1.82) is 0 Å². The summed E-state index contributed by atoms with van der Waals surface area (Å²) in [4.78, 5) is 8.24. The third kappa shape index (κ3) is 8.53. The minimum atomic E-state index is -4.45. The van der Waals surface area contributed by atoms with Crippen LogP contribution < -0.4 is 4.90 Å². The van der Waals surface area contributed by atoms with Gasteiger partial charge in [0.25, 0.3) is 0 Å². The second-order valence-electron chi connectivity index (χ2n) is 12.1. The zero-order chi connectivity index (χ0) is 31.8. The average molecular weight is 632 g/mol. The first-order chi connectivity index (χ1) is 22.4. The number of likely N-dealkylation sites (tertiary alicyclic amines) is 1. The number of halogens is 3. The van der Waals surface area contributed by atoms with Crippen LogP contribution in [-0.2, 0) is 40.2 Å². The Morgan fingerprint density at radius 2 is 1.17 bits per heavy atom. The predicted octanol–water partition coefficient (Wildman–Crippen LogP) is 7.00. The molecule has 0 N–H and O–H groups in total. The van der Waals surface area contributed by atoms with E-state index in [1.54, 1.807) is 4.90 Å². The number of rotatable bonds is 12. The van der Waals surface area contributed by atoms with Crippen molar-refractivity contribution in [2.24, 2.45) is 5.92 Å². The second kappa shape index (κ2) is 15.2. The largest absolute Gasteiger partial charge is 0.419 e. The second-order valence-corrected chi connectivity index (χ2v) is 12.1. The average Bonchev–Trinajstić information content (AvgIpc) is 3.55. The lowest BCUT2D eigenvalue weighted by molar-refractivity contribution is -0.185. The molecule has 46 heavy (non-hydrogen) atoms. The third-order valence-electron chi connectivity index (χ3n) is 8.70. The maximum Gasteiger partial charge on any atom is 0.419 e. The van der Waals surface area contributed by atoms with E-state index in [0.717, 1.165) is 29.2 Å². The van der Waals surface area contributed by atoms with Gasteiger partial charge in [-0.25, -0.2) is 4.98 Å². The van der Waals surface area contributed by atoms with Gasteiger partial charge >= 0.3 is 6.18 Å². The summed E-state index contributed by atoms with van der Waals surface area (Å²) in [5, 5.41) is 0. The van der Waals surface area contributed by atoms with Crippen molar-refractivity contribution in [2.75, 3.05) is 37.6 Å². The molecule has 1 unspecified atom stereocenters. The van der Waals surface area contributed by atoms with E-state index in [9.17, 15) is 13.2 Å². The fourth-order valence-electron chi connectivity index (χ4n) is 6.42. The first kappa shape index (κ1) is 32.2. The molecule has 2 saturated heterocycles. The number of alkyl halides is 3. The smallest absolute Gasteiger partial charge is 0.369 e. The molecule has 0 amide bonds. The van der Waals surface area contributed by atoms with Gasteiger partial charge in [-0.3, -0.25) is 4.90 Å². The number of hydrogen-bond acceptors (Lipinski definition) is 6. The minimum absolute atomic E-state index is 0.0127. The molecule has 4 aromatic rings. The Morgan fingerprint density at radius 1 is 0.652 bits per heavy atom. The zero-order valence-corrected chi connectivity index (χ0v) is 25.8. The molecule has 0 bridgehead atoms. The molecule has 0 spiro atoms. The highest BCUT2D eigenvalue weighted by atomic mass is 19.4. The Hall–Kier alpha value is -3.76. The van der Waals surface area contributed by atoms with Crippen LogP contribution in [0.1, 0.15) is 28.7 Å². The quantitative estimate of drug-likeness (QED) is 0.168. The van der Waals surface area contributed by atoms with Gasteiger partial charge in [0.2, 0.25) is 0 Å². The van der Waals surface area contributed by atoms with Crippen LogP contribution in [0.3, 0.4) is 0 Å². The van der Waals surface area contributed by atoms with Crippen molar-refractivity contribution in [3.8, 4) is 0 Å². The number of pyridine rings is 1. The van der Waals surface area contributed by atoms with Gasteiger partial charge in [-0.15, -0.1) is 0 Å². The number of aromatic nitrogens is 1. The van der Waals surface area contributed by atoms with Crippen LogP contribution in [0.5, 0.6) is 0 Å². The van der Waals surface area contributed by atoms with Gasteiger partial charge in [-0.1, -0.05) is 91.0 Å². The first-order valence-corrected chi connectivity index (χ1v) is 15.9. The molecular formula is C37H40F3N3O3. The molecule has 0 radical (unpaired) electrons. The molecule has 242 valence electrons. The van der Waals surface area contributed by atoms with Gasteiger partial charge in [0, 0.05) is 38.9 Å². The molecule has 4 atom stereocenters. The van der Waals surface area contributed by atoms with E-state index in [-0.39, 0.29) is 30.0 Å². The van der Waals surface area contributed by atoms with Gasteiger partial charge < -0.3 is 19.1 Å². The Kier molecular flexibility index (Phi) is 10.7. The standard InChI is InChI=1S/C37H40F3N3O3/c38-37(39,40)32-17-10-19-41-36(32)43-20-18-31(22-43)21-42-23-33(44-25-28-11-4-1-5-12-28)35(46-27-30-15-8-3-9-16-30)34(24-42)45-26-29-13-6-2-7-14-29/h1-17,19,31,33-35H,18,20-27H2/t31-,33-,34+,35?/m1/s1. The summed E-state index contributed by atoms with van der Waals surface area (Å²) in [7, 11) is 0. The lowest BCUT2D eigenvalue weighted by Gasteiger charge is -2.44. The molecule has 1 aromatic heterocycles. The molecule has 0 saturated carbocycles. The van der Waals surface area contributed by atoms with Gasteiger partial charge in [-0.05, 0) is 41.2 Å². The Bertz CT molecular complexity index is 1440. The molecule has 6 rings (SSSR count). The Labute approximate surface area is 268 Å². The summed E-state index contributed by atoms with van der Waals surface area (Å²) in [6.07, 6.45) is -3.10. The van der Waals surface area contributed by atoms with E-state index in [1.807, 2.05) is 91.0 Å². The number of benzene rings is 3. The Balaban J connectivity index is 1.19. The SMILES string of the molecule is FC(F)(F)c1cccnc1N1CC[C@H](CN2C[C@H](OCc3ccccc3)C(OCc3ccccc3)[C@H](OCc3ccccc3)C2)C1. The molecule has 2 aliphatic heterocycles. The molecule has 3 heterocycles. The minimum Gasteiger partial charge on any atom is -0.369 e. The zero-order valence-electron chi connectivity index (χ0n) is 25.8. The normalized spacial score (nSPS) is 22.3. The maximum absolute atomic E-state index is 13.7. The van der Waals surface area contributed by atoms with E-state index in [1.165, 1.54) is 12.3 Å². The van der Waals surface area contributed by atoms with E-state index in [2.05, 4.69) is 9.88 Å². The van der Waals surface area contributed by atoms with Gasteiger partial charge in [-0.2, -0.15) is 13.2 Å². The highest BCUT2D eigenvalue weighted by Gasteiger charge is 2.41. The van der Waals surface area contributed by atoms with Crippen LogP contribution in [0.25, 0.3) is 0 Å². The first-order valence-electron chi connectivity index (χ1n) is 15.9. The Morgan fingerprint density at radius 3 is 1.70 bits per heavy atom. The molecule has 2 fully saturated rings. The molecule has 6 nitrogen and oxygen atoms in total. The predicted molar refractivity (Wildman–Crippen MR) is 171 cm³/mol. The van der Waals surface area contributed by atoms with E-state index in [0.29, 0.717) is 52.5 Å². The topological polar surface area (TPSA) is 47.1 Å². The highest BCUT2D eigenvalue weighted by molar-refractivity contribution is 5.49. The lowest BCUT2D eigenvalue weighted by Crippen LogP contribution is -2.58. The molecule has 9 heteroatoms. The van der Waals surface area contributed by atoms with Crippen molar-refractivity contribution >= 4 is 5.82 Å². The van der Waals surface area contributed by atoms with Crippen molar-refractivity contribution in [3.63, 3.8) is 0 Å². The summed E-state index contributed by atoms with van der Waals surface area (Å²) in [5.41, 5.74) is 2.54. The monoisotopic (exact) mass is 631 g/mol. The summed E-state index contributed by atoms with van der Waals surface area (Å²) in [6.45, 7) is 4.33. The van der Waals surface area contributed by atoms with Crippen molar-refractivity contribution in [3.05, 3.63) is 132 Å². The maximum atomic E-state index is 13.7. The number of ether oxygens (including phenoxy) is 3. The van der Waals surface area contributed by atoms with E-state index in [4.69, 9.17) is 14.2 Å². The van der Waals surface area contributed by atoms with Gasteiger partial charge in [0.05, 0.1) is 37.6 Å².